The van der Waals surface area contributed by atoms with E-state index in [4.69, 9.17) is 14.6 Å². The van der Waals surface area contributed by atoms with Crippen LogP contribution < -0.4 is 0 Å². The lowest BCUT2D eigenvalue weighted by Crippen LogP contribution is -2.41. The Bertz CT molecular complexity index is 1040. The van der Waals surface area contributed by atoms with Crippen molar-refractivity contribution >= 4 is 29.7 Å². The third kappa shape index (κ3) is 4.13. The van der Waals surface area contributed by atoms with Crippen LogP contribution in [0.5, 0.6) is 0 Å². The van der Waals surface area contributed by atoms with Crippen LogP contribution in [0.25, 0.3) is 17.2 Å². The second-order valence-electron chi connectivity index (χ2n) is 6.65. The normalized spacial score (nSPS) is 15.3. The number of nitrogens with zero attached hydrogens (tertiary/aromatic N) is 1. The average molecular weight is 397 g/mol. The molecule has 1 aliphatic heterocycles. The number of carbonyl (C=O) groups is 3. The summed E-state index contributed by atoms with van der Waals surface area (Å²) in [5, 5.41) is 20.2. The summed E-state index contributed by atoms with van der Waals surface area (Å²) in [6, 6.07) is 10.2. The number of hydrogen-bond donors (Lipinski definition) is 1. The predicted molar refractivity (Wildman–Crippen MR) is 99.7 cm³/mol. The maximum Gasteiger partial charge on any atom is 0.348 e. The second kappa shape index (κ2) is 7.19. The minimum Gasteiger partial charge on any atom is -0.477 e. The maximum absolute atomic E-state index is 12.0. The van der Waals surface area contributed by atoms with Gasteiger partial charge in [-0.15, -0.1) is 0 Å². The molecule has 1 fully saturated rings. The third-order valence-corrected chi connectivity index (χ3v) is 4.10. The molecule has 148 valence electrons. The lowest BCUT2D eigenvalue weighted by Gasteiger charge is -2.29. The number of carboxylic acid groups (broad SMARTS) is 1. The number of carbonyl (C=O) groups excluding carboxylic acids is 2. The quantitative estimate of drug-likeness (QED) is 0.273. The van der Waals surface area contributed by atoms with Gasteiger partial charge in [-0.05, 0) is 28.8 Å². The van der Waals surface area contributed by atoms with Gasteiger partial charge in [0.1, 0.15) is 11.1 Å². The van der Waals surface area contributed by atoms with E-state index in [0.29, 0.717) is 16.7 Å². The summed E-state index contributed by atoms with van der Waals surface area (Å²) in [6.45, 7) is 2.90. The number of nitro benzene ring substituents is 1. The standard InChI is InChI=1S/C20H15NO8/c1-20(2)28-18(24)15(19(25)29-20)9-11-3-5-12(6-4-11)13-7-8-14(17(22)23)16(10-13)21(26)27/h3-10H,1-2H3,(H,22,23). The van der Waals surface area contributed by atoms with Crippen LogP contribution in [0.2, 0.25) is 0 Å². The summed E-state index contributed by atoms with van der Waals surface area (Å²) >= 11 is 0. The molecule has 29 heavy (non-hydrogen) atoms. The summed E-state index contributed by atoms with van der Waals surface area (Å²) in [7, 11) is 0. The highest BCUT2D eigenvalue weighted by atomic mass is 16.7. The molecule has 0 atom stereocenters. The van der Waals surface area contributed by atoms with E-state index in [1.807, 2.05) is 0 Å². The largest absolute Gasteiger partial charge is 0.477 e. The van der Waals surface area contributed by atoms with E-state index in [2.05, 4.69) is 0 Å². The number of benzene rings is 2. The number of rotatable bonds is 4. The van der Waals surface area contributed by atoms with Crippen molar-refractivity contribution in [2.75, 3.05) is 0 Å². The highest BCUT2D eigenvalue weighted by molar-refractivity contribution is 6.18. The van der Waals surface area contributed by atoms with Crippen molar-refractivity contribution in [1.82, 2.24) is 0 Å². The van der Waals surface area contributed by atoms with E-state index in [1.165, 1.54) is 38.1 Å². The van der Waals surface area contributed by atoms with Crippen molar-refractivity contribution in [1.29, 1.82) is 0 Å². The van der Waals surface area contributed by atoms with Gasteiger partial charge in [-0.1, -0.05) is 30.3 Å². The Balaban J connectivity index is 1.91. The first kappa shape index (κ1) is 19.7. The third-order valence-electron chi connectivity index (χ3n) is 4.10. The summed E-state index contributed by atoms with van der Waals surface area (Å²) in [5.74, 6) is -4.31. The zero-order valence-corrected chi connectivity index (χ0v) is 15.4. The van der Waals surface area contributed by atoms with E-state index < -0.39 is 39.9 Å². The highest BCUT2D eigenvalue weighted by Gasteiger charge is 2.38. The number of nitro groups is 1. The second-order valence-corrected chi connectivity index (χ2v) is 6.65. The van der Waals surface area contributed by atoms with Gasteiger partial charge in [0, 0.05) is 19.9 Å². The number of aromatic carboxylic acids is 1. The number of hydrogen-bond acceptors (Lipinski definition) is 7. The van der Waals surface area contributed by atoms with Gasteiger partial charge in [0.25, 0.3) is 11.5 Å². The molecule has 0 saturated carbocycles. The van der Waals surface area contributed by atoms with Crippen LogP contribution >= 0.6 is 0 Å². The minimum absolute atomic E-state index is 0.251. The molecule has 1 N–H and O–H groups in total. The molecule has 0 bridgehead atoms. The van der Waals surface area contributed by atoms with Gasteiger partial charge in [0.15, 0.2) is 0 Å². The van der Waals surface area contributed by atoms with E-state index in [1.54, 1.807) is 24.3 Å². The molecule has 9 nitrogen and oxygen atoms in total. The summed E-state index contributed by atoms with van der Waals surface area (Å²) in [5.41, 5.74) is 0.364. The topological polar surface area (TPSA) is 133 Å². The molecule has 0 spiro atoms. The zero-order valence-electron chi connectivity index (χ0n) is 15.4. The van der Waals surface area contributed by atoms with Crippen molar-refractivity contribution in [3.05, 3.63) is 69.3 Å². The average Bonchev–Trinajstić information content (AvgIpc) is 2.64. The van der Waals surface area contributed by atoms with E-state index in [9.17, 15) is 24.5 Å². The molecule has 0 amide bonds. The molecular formula is C20H15NO8. The fraction of sp³-hybridized carbons (Fsp3) is 0.150. The van der Waals surface area contributed by atoms with Gasteiger partial charge in [-0.25, -0.2) is 14.4 Å². The van der Waals surface area contributed by atoms with Crippen molar-refractivity contribution in [3.8, 4) is 11.1 Å². The zero-order chi connectivity index (χ0) is 21.3. The van der Waals surface area contributed by atoms with Gasteiger partial charge in [-0.3, -0.25) is 10.1 Å². The Hall–Kier alpha value is -4.01. The molecular weight excluding hydrogens is 382 g/mol. The fourth-order valence-corrected chi connectivity index (χ4v) is 2.76. The molecule has 1 heterocycles. The van der Waals surface area contributed by atoms with Crippen LogP contribution in [-0.4, -0.2) is 33.7 Å². The van der Waals surface area contributed by atoms with Crippen molar-refractivity contribution in [3.63, 3.8) is 0 Å². The number of ether oxygens (including phenoxy) is 2. The first-order valence-electron chi connectivity index (χ1n) is 8.38. The first-order valence-corrected chi connectivity index (χ1v) is 8.38. The van der Waals surface area contributed by atoms with Gasteiger partial charge in [0.2, 0.25) is 0 Å². The molecule has 0 unspecified atom stereocenters. The van der Waals surface area contributed by atoms with Crippen molar-refractivity contribution in [2.24, 2.45) is 0 Å². The smallest absolute Gasteiger partial charge is 0.348 e. The Morgan fingerprint density at radius 2 is 1.59 bits per heavy atom. The van der Waals surface area contributed by atoms with Crippen LogP contribution in [0.4, 0.5) is 5.69 Å². The lowest BCUT2D eigenvalue weighted by atomic mass is 10.0. The van der Waals surface area contributed by atoms with Gasteiger partial charge < -0.3 is 14.6 Å². The number of esters is 2. The molecule has 0 radical (unpaired) electrons. The Labute approximate surface area is 164 Å². The number of cyclic esters (lactones) is 2. The van der Waals surface area contributed by atoms with Crippen LogP contribution in [-0.2, 0) is 19.1 Å². The van der Waals surface area contributed by atoms with E-state index in [0.717, 1.165) is 0 Å². The minimum atomic E-state index is -1.39. The maximum atomic E-state index is 12.0. The molecule has 0 aliphatic carbocycles. The SMILES string of the molecule is CC1(C)OC(=O)C(=Cc2ccc(-c3ccc(C(=O)O)c([N+](=O)[O-])c3)cc2)C(=O)O1. The Kier molecular flexibility index (Phi) is 4.90. The highest BCUT2D eigenvalue weighted by Crippen LogP contribution is 2.29. The van der Waals surface area contributed by atoms with Crippen LogP contribution in [0.1, 0.15) is 29.8 Å². The predicted octanol–water partition coefficient (Wildman–Crippen LogP) is 3.18. The van der Waals surface area contributed by atoms with Crippen LogP contribution in [0.3, 0.4) is 0 Å². The van der Waals surface area contributed by atoms with E-state index in [-0.39, 0.29) is 5.57 Å². The molecule has 9 heteroatoms. The summed E-state index contributed by atoms with van der Waals surface area (Å²) < 4.78 is 10.1. The lowest BCUT2D eigenvalue weighted by molar-refractivity contribution is -0.385. The molecule has 1 aliphatic rings. The van der Waals surface area contributed by atoms with Crippen LogP contribution in [0.15, 0.2) is 48.0 Å². The monoisotopic (exact) mass is 397 g/mol. The van der Waals surface area contributed by atoms with Crippen molar-refractivity contribution in [2.45, 2.75) is 19.6 Å². The van der Waals surface area contributed by atoms with Crippen LogP contribution in [0, 0.1) is 10.1 Å². The fourth-order valence-electron chi connectivity index (χ4n) is 2.76. The van der Waals surface area contributed by atoms with Gasteiger partial charge >= 0.3 is 17.9 Å². The molecule has 0 aromatic heterocycles. The van der Waals surface area contributed by atoms with Gasteiger partial charge in [0.05, 0.1) is 4.92 Å². The Morgan fingerprint density at radius 1 is 1.03 bits per heavy atom. The van der Waals surface area contributed by atoms with Gasteiger partial charge in [-0.2, -0.15) is 0 Å². The van der Waals surface area contributed by atoms with Crippen molar-refractivity contribution < 1.29 is 33.9 Å². The summed E-state index contributed by atoms with van der Waals surface area (Å²) in [6.07, 6.45) is 1.32. The molecule has 3 rings (SSSR count). The molecule has 2 aromatic carbocycles. The first-order chi connectivity index (χ1) is 13.6. The van der Waals surface area contributed by atoms with E-state index >= 15 is 0 Å². The summed E-state index contributed by atoms with van der Waals surface area (Å²) in [4.78, 5) is 45.5. The molecule has 1 saturated heterocycles. The number of carboxylic acids is 1. The Morgan fingerprint density at radius 3 is 2.10 bits per heavy atom. The molecule has 2 aromatic rings.